The summed E-state index contributed by atoms with van der Waals surface area (Å²) in [4.78, 5) is 10.7. The predicted octanol–water partition coefficient (Wildman–Crippen LogP) is 4.80. The summed E-state index contributed by atoms with van der Waals surface area (Å²) in [6.07, 6.45) is 1.73. The van der Waals surface area contributed by atoms with E-state index in [1.165, 1.54) is 12.1 Å². The van der Waals surface area contributed by atoms with E-state index in [1.54, 1.807) is 0 Å². The highest BCUT2D eigenvalue weighted by atomic mass is 32.2. The number of carboxylic acids is 1. The molecule has 0 aromatic heterocycles. The average Bonchev–Trinajstić information content (AvgIpc) is 2.75. The molecule has 0 fully saturated rings. The van der Waals surface area contributed by atoms with Gasteiger partial charge in [-0.1, -0.05) is 54.1 Å². The standard InChI is InChI=1S/C25H26FNO4S/c1-18-5-7-20(8-6-18)17-24(27-32(30,31)23-15-13-22(26)14-16-23)21-11-9-19(10-12-21)3-2-4-25(28)29/h5-16,24,27H,2-4,17H2,1H3,(H,28,29). The fourth-order valence-corrected chi connectivity index (χ4v) is 4.64. The van der Waals surface area contributed by atoms with Crippen molar-refractivity contribution in [3.8, 4) is 0 Å². The summed E-state index contributed by atoms with van der Waals surface area (Å²) in [5, 5.41) is 8.80. The van der Waals surface area contributed by atoms with Crippen LogP contribution in [0, 0.1) is 12.7 Å². The van der Waals surface area contributed by atoms with Crippen molar-refractivity contribution in [2.75, 3.05) is 0 Å². The van der Waals surface area contributed by atoms with Gasteiger partial charge in [0.05, 0.1) is 10.9 Å². The molecule has 32 heavy (non-hydrogen) atoms. The van der Waals surface area contributed by atoms with E-state index in [1.807, 2.05) is 55.5 Å². The number of benzene rings is 3. The van der Waals surface area contributed by atoms with Crippen LogP contribution in [-0.2, 0) is 27.7 Å². The molecule has 0 bridgehead atoms. The van der Waals surface area contributed by atoms with Crippen LogP contribution in [0.15, 0.2) is 77.7 Å². The first-order valence-corrected chi connectivity index (χ1v) is 11.9. The first kappa shape index (κ1) is 23.6. The minimum absolute atomic E-state index is 0.00176. The Balaban J connectivity index is 1.84. The Morgan fingerprint density at radius 1 is 0.938 bits per heavy atom. The van der Waals surface area contributed by atoms with Crippen LogP contribution in [0.25, 0.3) is 0 Å². The molecule has 5 nitrogen and oxygen atoms in total. The third kappa shape index (κ3) is 6.73. The smallest absolute Gasteiger partial charge is 0.303 e. The van der Waals surface area contributed by atoms with Crippen molar-refractivity contribution in [3.63, 3.8) is 0 Å². The highest BCUT2D eigenvalue weighted by molar-refractivity contribution is 7.89. The van der Waals surface area contributed by atoms with Crippen molar-refractivity contribution in [1.82, 2.24) is 4.72 Å². The summed E-state index contributed by atoms with van der Waals surface area (Å²) in [5.74, 6) is -1.33. The molecule has 0 saturated heterocycles. The second-order valence-corrected chi connectivity index (χ2v) is 9.52. The van der Waals surface area contributed by atoms with E-state index >= 15 is 0 Å². The van der Waals surface area contributed by atoms with Gasteiger partial charge in [0.15, 0.2) is 0 Å². The minimum Gasteiger partial charge on any atom is -0.481 e. The van der Waals surface area contributed by atoms with Crippen molar-refractivity contribution < 1.29 is 22.7 Å². The van der Waals surface area contributed by atoms with Gasteiger partial charge >= 0.3 is 5.97 Å². The first-order valence-electron chi connectivity index (χ1n) is 10.4. The van der Waals surface area contributed by atoms with Gasteiger partial charge in [0.2, 0.25) is 10.0 Å². The minimum atomic E-state index is -3.87. The number of nitrogens with one attached hydrogen (secondary N) is 1. The van der Waals surface area contributed by atoms with Crippen LogP contribution in [0.4, 0.5) is 4.39 Å². The summed E-state index contributed by atoms with van der Waals surface area (Å²) < 4.78 is 41.9. The first-order chi connectivity index (χ1) is 15.2. The highest BCUT2D eigenvalue weighted by Crippen LogP contribution is 2.23. The van der Waals surface area contributed by atoms with E-state index in [0.717, 1.165) is 34.4 Å². The fourth-order valence-electron chi connectivity index (χ4n) is 3.42. The SMILES string of the molecule is Cc1ccc(CC(NS(=O)(=O)c2ccc(F)cc2)c2ccc(CCCC(=O)O)cc2)cc1. The second kappa shape index (κ2) is 10.5. The number of hydrogen-bond donors (Lipinski definition) is 2. The van der Waals surface area contributed by atoms with Crippen molar-refractivity contribution >= 4 is 16.0 Å². The Hall–Kier alpha value is -3.03. The predicted molar refractivity (Wildman–Crippen MR) is 121 cm³/mol. The molecule has 0 aliphatic heterocycles. The zero-order chi connectivity index (χ0) is 23.1. The van der Waals surface area contributed by atoms with Gasteiger partial charge in [0, 0.05) is 6.42 Å². The third-order valence-electron chi connectivity index (χ3n) is 5.22. The van der Waals surface area contributed by atoms with Crippen LogP contribution in [-0.4, -0.2) is 19.5 Å². The summed E-state index contributed by atoms with van der Waals surface area (Å²) in [7, 11) is -3.87. The molecular formula is C25H26FNO4S. The molecule has 7 heteroatoms. The van der Waals surface area contributed by atoms with Gasteiger partial charge in [-0.3, -0.25) is 4.79 Å². The van der Waals surface area contributed by atoms with Crippen LogP contribution in [0.5, 0.6) is 0 Å². The maximum atomic E-state index is 13.2. The molecule has 3 aromatic rings. The number of halogens is 1. The van der Waals surface area contributed by atoms with Gasteiger partial charge in [0.1, 0.15) is 5.82 Å². The van der Waals surface area contributed by atoms with Gasteiger partial charge in [-0.25, -0.2) is 17.5 Å². The Morgan fingerprint density at radius 2 is 1.53 bits per heavy atom. The maximum absolute atomic E-state index is 13.2. The Kier molecular flexibility index (Phi) is 7.77. The van der Waals surface area contributed by atoms with E-state index < -0.39 is 27.9 Å². The number of aliphatic carboxylic acids is 1. The third-order valence-corrected chi connectivity index (χ3v) is 6.71. The lowest BCUT2D eigenvalue weighted by Gasteiger charge is -2.20. The summed E-state index contributed by atoms with van der Waals surface area (Å²) in [6, 6.07) is 19.6. The molecule has 168 valence electrons. The molecular weight excluding hydrogens is 429 g/mol. The van der Waals surface area contributed by atoms with Gasteiger partial charge in [-0.05, 0) is 67.1 Å². The number of hydrogen-bond acceptors (Lipinski definition) is 3. The average molecular weight is 456 g/mol. The number of rotatable bonds is 10. The Labute approximate surface area is 188 Å². The summed E-state index contributed by atoms with van der Waals surface area (Å²) in [6.45, 7) is 1.99. The molecule has 0 heterocycles. The van der Waals surface area contributed by atoms with E-state index in [0.29, 0.717) is 19.3 Å². The lowest BCUT2D eigenvalue weighted by atomic mass is 9.97. The zero-order valence-electron chi connectivity index (χ0n) is 17.8. The molecule has 1 unspecified atom stereocenters. The lowest BCUT2D eigenvalue weighted by Crippen LogP contribution is -2.30. The monoisotopic (exact) mass is 455 g/mol. The highest BCUT2D eigenvalue weighted by Gasteiger charge is 2.22. The Morgan fingerprint density at radius 3 is 2.12 bits per heavy atom. The quantitative estimate of drug-likeness (QED) is 0.460. The van der Waals surface area contributed by atoms with Crippen molar-refractivity contribution in [1.29, 1.82) is 0 Å². The van der Waals surface area contributed by atoms with Crippen molar-refractivity contribution in [2.45, 2.75) is 43.5 Å². The molecule has 0 aliphatic rings. The summed E-state index contributed by atoms with van der Waals surface area (Å²) >= 11 is 0. The molecule has 0 radical (unpaired) electrons. The number of carbonyl (C=O) groups is 1. The van der Waals surface area contributed by atoms with Crippen LogP contribution >= 0.6 is 0 Å². The van der Waals surface area contributed by atoms with E-state index in [9.17, 15) is 17.6 Å². The fraction of sp³-hybridized carbons (Fsp3) is 0.240. The summed E-state index contributed by atoms with van der Waals surface area (Å²) in [5.41, 5.74) is 3.87. The van der Waals surface area contributed by atoms with E-state index in [4.69, 9.17) is 5.11 Å². The van der Waals surface area contributed by atoms with Crippen molar-refractivity contribution in [2.24, 2.45) is 0 Å². The van der Waals surface area contributed by atoms with Gasteiger partial charge in [-0.15, -0.1) is 0 Å². The topological polar surface area (TPSA) is 83.5 Å². The van der Waals surface area contributed by atoms with Crippen LogP contribution in [0.3, 0.4) is 0 Å². The molecule has 0 amide bonds. The van der Waals surface area contributed by atoms with Crippen molar-refractivity contribution in [3.05, 3.63) is 101 Å². The Bertz CT molecular complexity index is 1140. The number of aryl methyl sites for hydroxylation is 2. The second-order valence-electron chi connectivity index (χ2n) is 7.81. The molecule has 1 atom stereocenters. The number of sulfonamides is 1. The van der Waals surface area contributed by atoms with Crippen LogP contribution in [0.1, 0.15) is 41.1 Å². The molecule has 0 aliphatic carbocycles. The largest absolute Gasteiger partial charge is 0.481 e. The van der Waals surface area contributed by atoms with Crippen LogP contribution in [0.2, 0.25) is 0 Å². The maximum Gasteiger partial charge on any atom is 0.303 e. The van der Waals surface area contributed by atoms with E-state index in [-0.39, 0.29) is 11.3 Å². The number of carboxylic acid groups (broad SMARTS) is 1. The van der Waals surface area contributed by atoms with Gasteiger partial charge < -0.3 is 5.11 Å². The molecule has 0 spiro atoms. The molecule has 3 rings (SSSR count). The lowest BCUT2D eigenvalue weighted by molar-refractivity contribution is -0.137. The normalized spacial score (nSPS) is 12.4. The van der Waals surface area contributed by atoms with Gasteiger partial charge in [-0.2, -0.15) is 0 Å². The molecule has 3 aromatic carbocycles. The van der Waals surface area contributed by atoms with E-state index in [2.05, 4.69) is 4.72 Å². The molecule has 0 saturated carbocycles. The molecule has 2 N–H and O–H groups in total. The van der Waals surface area contributed by atoms with Gasteiger partial charge in [0.25, 0.3) is 0 Å². The zero-order valence-corrected chi connectivity index (χ0v) is 18.6. The van der Waals surface area contributed by atoms with Crippen LogP contribution < -0.4 is 4.72 Å².